The van der Waals surface area contributed by atoms with Gasteiger partial charge >= 0.3 is 0 Å². The van der Waals surface area contributed by atoms with Crippen molar-refractivity contribution in [1.82, 2.24) is 0 Å². The summed E-state index contributed by atoms with van der Waals surface area (Å²) in [6.45, 7) is 3.31. The van der Waals surface area contributed by atoms with Gasteiger partial charge in [-0.05, 0) is 47.5 Å². The molecule has 0 saturated heterocycles. The Morgan fingerprint density at radius 2 is 2.14 bits per heavy atom. The summed E-state index contributed by atoms with van der Waals surface area (Å²) in [5.74, 6) is -0.700. The van der Waals surface area contributed by atoms with Gasteiger partial charge in [-0.15, -0.1) is 0 Å². The third-order valence-electron chi connectivity index (χ3n) is 1.85. The number of hydrogen-bond acceptors (Lipinski definition) is 2. The van der Waals surface area contributed by atoms with Crippen molar-refractivity contribution in [3.63, 3.8) is 0 Å². The fraction of sp³-hybridized carbons (Fsp3) is 0.300. The summed E-state index contributed by atoms with van der Waals surface area (Å²) in [5, 5.41) is 0. The average molecular weight is 260 g/mol. The molecule has 1 rings (SSSR count). The summed E-state index contributed by atoms with van der Waals surface area (Å²) in [6.07, 6.45) is 0. The second-order valence-corrected chi connectivity index (χ2v) is 4.05. The van der Waals surface area contributed by atoms with E-state index in [0.29, 0.717) is 11.1 Å². The highest BCUT2D eigenvalue weighted by molar-refractivity contribution is 9.10. The fourth-order valence-electron chi connectivity index (χ4n) is 1.15. The van der Waals surface area contributed by atoms with Gasteiger partial charge in [0.1, 0.15) is 5.82 Å². The molecular formula is C10H11BrFNO. The Balaban J connectivity index is 3.27. The Labute approximate surface area is 90.4 Å². The number of carbonyl (C=O) groups excluding carboxylic acids is 1. The number of ketones is 1. The molecule has 0 amide bonds. The van der Waals surface area contributed by atoms with Gasteiger partial charge in [-0.2, -0.15) is 0 Å². The van der Waals surface area contributed by atoms with Crippen molar-refractivity contribution in [2.75, 3.05) is 0 Å². The molecule has 0 radical (unpaired) electrons. The zero-order valence-electron chi connectivity index (χ0n) is 7.97. The smallest absolute Gasteiger partial charge is 0.180 e. The molecule has 1 atom stereocenters. The van der Waals surface area contributed by atoms with Crippen LogP contribution in [0.3, 0.4) is 0 Å². The molecule has 4 heteroatoms. The molecule has 0 heterocycles. The number of aryl methyl sites for hydroxylation is 1. The van der Waals surface area contributed by atoms with E-state index in [4.69, 9.17) is 5.73 Å². The van der Waals surface area contributed by atoms with Crippen molar-refractivity contribution in [2.45, 2.75) is 19.9 Å². The normalized spacial score (nSPS) is 12.6. The van der Waals surface area contributed by atoms with Crippen LogP contribution in [-0.4, -0.2) is 11.8 Å². The van der Waals surface area contributed by atoms with Crippen LogP contribution in [0.1, 0.15) is 22.8 Å². The van der Waals surface area contributed by atoms with Gasteiger partial charge in [-0.25, -0.2) is 4.39 Å². The van der Waals surface area contributed by atoms with Crippen LogP contribution in [0.5, 0.6) is 0 Å². The number of hydrogen-bond donors (Lipinski definition) is 1. The zero-order chi connectivity index (χ0) is 10.9. The first kappa shape index (κ1) is 11.3. The summed E-state index contributed by atoms with van der Waals surface area (Å²) >= 11 is 3.03. The van der Waals surface area contributed by atoms with Crippen LogP contribution in [0.4, 0.5) is 4.39 Å². The van der Waals surface area contributed by atoms with Crippen LogP contribution in [0.2, 0.25) is 0 Å². The molecule has 0 spiro atoms. The molecule has 0 saturated carbocycles. The topological polar surface area (TPSA) is 43.1 Å². The number of Topliss-reactive ketones (excluding diaryl/α,β-unsaturated/α-hetero) is 1. The summed E-state index contributed by atoms with van der Waals surface area (Å²) in [7, 11) is 0. The molecule has 0 aliphatic rings. The molecule has 1 aromatic rings. The lowest BCUT2D eigenvalue weighted by atomic mass is 10.0. The minimum atomic E-state index is -0.618. The SMILES string of the molecule is Cc1cc(F)c(Br)c(C(=O)C(C)N)c1. The Bertz CT molecular complexity index is 377. The van der Waals surface area contributed by atoms with E-state index < -0.39 is 11.9 Å². The van der Waals surface area contributed by atoms with E-state index in [-0.39, 0.29) is 10.3 Å². The van der Waals surface area contributed by atoms with Crippen molar-refractivity contribution in [2.24, 2.45) is 5.73 Å². The highest BCUT2D eigenvalue weighted by Crippen LogP contribution is 2.23. The molecule has 0 aromatic heterocycles. The molecular weight excluding hydrogens is 249 g/mol. The van der Waals surface area contributed by atoms with Crippen molar-refractivity contribution >= 4 is 21.7 Å². The van der Waals surface area contributed by atoms with Gasteiger partial charge in [0.15, 0.2) is 5.78 Å². The van der Waals surface area contributed by atoms with Crippen LogP contribution in [-0.2, 0) is 0 Å². The predicted molar refractivity (Wildman–Crippen MR) is 56.8 cm³/mol. The zero-order valence-corrected chi connectivity index (χ0v) is 9.56. The Hall–Kier alpha value is -0.740. The van der Waals surface area contributed by atoms with Gasteiger partial charge in [0, 0.05) is 5.56 Å². The Morgan fingerprint density at radius 1 is 1.57 bits per heavy atom. The van der Waals surface area contributed by atoms with Gasteiger partial charge in [-0.1, -0.05) is 0 Å². The predicted octanol–water partition coefficient (Wildman–Crippen LogP) is 2.43. The van der Waals surface area contributed by atoms with Crippen LogP contribution in [0, 0.1) is 12.7 Å². The second-order valence-electron chi connectivity index (χ2n) is 3.26. The van der Waals surface area contributed by atoms with Gasteiger partial charge < -0.3 is 5.73 Å². The van der Waals surface area contributed by atoms with Crippen LogP contribution >= 0.6 is 15.9 Å². The molecule has 0 fully saturated rings. The molecule has 14 heavy (non-hydrogen) atoms. The maximum Gasteiger partial charge on any atom is 0.180 e. The van der Waals surface area contributed by atoms with E-state index in [1.165, 1.54) is 6.07 Å². The third kappa shape index (κ3) is 2.19. The second kappa shape index (κ2) is 4.19. The van der Waals surface area contributed by atoms with Crippen molar-refractivity contribution in [3.8, 4) is 0 Å². The largest absolute Gasteiger partial charge is 0.321 e. The van der Waals surface area contributed by atoms with Crippen molar-refractivity contribution < 1.29 is 9.18 Å². The molecule has 0 aliphatic heterocycles. The monoisotopic (exact) mass is 259 g/mol. The molecule has 2 nitrogen and oxygen atoms in total. The molecule has 1 aromatic carbocycles. The molecule has 1 unspecified atom stereocenters. The number of rotatable bonds is 2. The van der Waals surface area contributed by atoms with E-state index in [9.17, 15) is 9.18 Å². The van der Waals surface area contributed by atoms with Crippen LogP contribution < -0.4 is 5.73 Å². The first-order chi connectivity index (χ1) is 6.43. The molecule has 0 aliphatic carbocycles. The lowest BCUT2D eigenvalue weighted by Gasteiger charge is -2.08. The Morgan fingerprint density at radius 3 is 2.64 bits per heavy atom. The summed E-state index contributed by atoms with van der Waals surface area (Å²) in [4.78, 5) is 11.5. The lowest BCUT2D eigenvalue weighted by Crippen LogP contribution is -2.27. The van der Waals surface area contributed by atoms with E-state index in [2.05, 4.69) is 15.9 Å². The highest BCUT2D eigenvalue weighted by Gasteiger charge is 2.17. The number of halogens is 2. The number of nitrogens with two attached hydrogens (primary N) is 1. The van der Waals surface area contributed by atoms with Gasteiger partial charge in [0.2, 0.25) is 0 Å². The summed E-state index contributed by atoms with van der Waals surface area (Å²) in [5.41, 5.74) is 6.45. The minimum Gasteiger partial charge on any atom is -0.321 e. The molecule has 76 valence electrons. The quantitative estimate of drug-likeness (QED) is 0.830. The van der Waals surface area contributed by atoms with Gasteiger partial charge in [0.05, 0.1) is 10.5 Å². The first-order valence-corrected chi connectivity index (χ1v) is 4.98. The van der Waals surface area contributed by atoms with Crippen LogP contribution in [0.25, 0.3) is 0 Å². The summed E-state index contributed by atoms with van der Waals surface area (Å²) in [6, 6.07) is 2.37. The maximum atomic E-state index is 13.2. The van der Waals surface area contributed by atoms with Crippen molar-refractivity contribution in [1.29, 1.82) is 0 Å². The maximum absolute atomic E-state index is 13.2. The average Bonchev–Trinajstić information content (AvgIpc) is 2.09. The Kier molecular flexibility index (Phi) is 3.39. The first-order valence-electron chi connectivity index (χ1n) is 4.19. The molecule has 0 bridgehead atoms. The van der Waals surface area contributed by atoms with Crippen LogP contribution in [0.15, 0.2) is 16.6 Å². The van der Waals surface area contributed by atoms with E-state index in [1.807, 2.05) is 0 Å². The van der Waals surface area contributed by atoms with Crippen molar-refractivity contribution in [3.05, 3.63) is 33.5 Å². The van der Waals surface area contributed by atoms with Gasteiger partial charge in [0.25, 0.3) is 0 Å². The number of carbonyl (C=O) groups is 1. The standard InChI is InChI=1S/C10H11BrFNO/c1-5-3-7(10(14)6(2)13)9(11)8(12)4-5/h3-4,6H,13H2,1-2H3. The number of benzene rings is 1. The van der Waals surface area contributed by atoms with E-state index in [0.717, 1.165) is 0 Å². The summed E-state index contributed by atoms with van der Waals surface area (Å²) < 4.78 is 13.4. The highest BCUT2D eigenvalue weighted by atomic mass is 79.9. The van der Waals surface area contributed by atoms with Gasteiger partial charge in [-0.3, -0.25) is 4.79 Å². The lowest BCUT2D eigenvalue weighted by molar-refractivity contribution is 0.0966. The van der Waals surface area contributed by atoms with E-state index in [1.54, 1.807) is 19.9 Å². The van der Waals surface area contributed by atoms with E-state index >= 15 is 0 Å². The minimum absolute atomic E-state index is 0.186. The fourth-order valence-corrected chi connectivity index (χ4v) is 1.57. The third-order valence-corrected chi connectivity index (χ3v) is 2.66. The molecule has 2 N–H and O–H groups in total.